The number of hydrogen-bond donors (Lipinski definition) is 0. The van der Waals surface area contributed by atoms with Crippen LogP contribution >= 0.6 is 23.1 Å². The van der Waals surface area contributed by atoms with Crippen molar-refractivity contribution in [3.05, 3.63) is 49.2 Å². The first-order chi connectivity index (χ1) is 12.4. The van der Waals surface area contributed by atoms with Crippen LogP contribution in [0.1, 0.15) is 27.0 Å². The van der Waals surface area contributed by atoms with Crippen molar-refractivity contribution in [1.29, 1.82) is 0 Å². The molecule has 0 amide bonds. The number of thioether (sulfide) groups is 1. The van der Waals surface area contributed by atoms with Gasteiger partial charge in [-0.2, -0.15) is 14.9 Å². The zero-order valence-corrected chi connectivity index (χ0v) is 16.3. The van der Waals surface area contributed by atoms with E-state index in [1.54, 1.807) is 40.8 Å². The van der Waals surface area contributed by atoms with E-state index in [0.29, 0.717) is 28.2 Å². The van der Waals surface area contributed by atoms with E-state index < -0.39 is 4.92 Å². The second-order valence-electron chi connectivity index (χ2n) is 5.58. The molecular weight excluding hydrogens is 374 g/mol. The van der Waals surface area contributed by atoms with Gasteiger partial charge in [0.2, 0.25) is 5.16 Å². The summed E-state index contributed by atoms with van der Waals surface area (Å²) in [6.45, 7) is 7.18. The predicted octanol–water partition coefficient (Wildman–Crippen LogP) is 3.31. The Morgan fingerprint density at radius 2 is 2.08 bits per heavy atom. The van der Waals surface area contributed by atoms with Crippen molar-refractivity contribution < 1.29 is 4.92 Å². The summed E-state index contributed by atoms with van der Waals surface area (Å²) in [5.41, 5.74) is 0.964. The molecule has 3 aromatic rings. The number of thiophene rings is 1. The van der Waals surface area contributed by atoms with Crippen LogP contribution in [0.15, 0.2) is 22.4 Å². The summed E-state index contributed by atoms with van der Waals surface area (Å²) >= 11 is 3.02. The zero-order chi connectivity index (χ0) is 18.8. The van der Waals surface area contributed by atoms with Crippen LogP contribution < -0.4 is 0 Å². The third kappa shape index (κ3) is 3.68. The maximum absolute atomic E-state index is 11.1. The Morgan fingerprint density at radius 3 is 2.69 bits per heavy atom. The summed E-state index contributed by atoms with van der Waals surface area (Å²) in [5.74, 6) is 1.04. The Labute approximate surface area is 157 Å². The molecule has 0 aliphatic rings. The normalized spacial score (nSPS) is 11.5. The number of nitrogens with zero attached hydrogens (tertiary/aromatic N) is 7. The molecule has 0 aliphatic heterocycles. The predicted molar refractivity (Wildman–Crippen MR) is 101 cm³/mol. The molecule has 9 nitrogen and oxygen atoms in total. The van der Waals surface area contributed by atoms with Crippen LogP contribution in [0.25, 0.3) is 0 Å². The molecule has 11 heteroatoms. The van der Waals surface area contributed by atoms with Gasteiger partial charge in [0.25, 0.3) is 0 Å². The van der Waals surface area contributed by atoms with Crippen LogP contribution in [0.5, 0.6) is 0 Å². The highest BCUT2D eigenvalue weighted by molar-refractivity contribution is 7.98. The minimum atomic E-state index is -0.404. The molecule has 3 heterocycles. The average Bonchev–Trinajstić information content (AvgIpc) is 3.22. The molecule has 0 saturated carbocycles. The van der Waals surface area contributed by atoms with Gasteiger partial charge in [0, 0.05) is 9.75 Å². The Hall–Kier alpha value is -2.53. The fraction of sp³-hybridized carbons (Fsp3) is 0.333. The highest BCUT2D eigenvalue weighted by atomic mass is 32.2. The molecule has 0 aliphatic carbocycles. The number of aryl methyl sites for hydroxylation is 3. The largest absolute Gasteiger partial charge is 0.312 e. The van der Waals surface area contributed by atoms with Crippen LogP contribution in [0, 0.1) is 37.8 Å². The van der Waals surface area contributed by atoms with E-state index in [0.717, 1.165) is 4.88 Å². The van der Waals surface area contributed by atoms with Crippen molar-refractivity contribution >= 4 is 35.0 Å². The van der Waals surface area contributed by atoms with Crippen LogP contribution in [0.4, 0.5) is 5.69 Å². The summed E-state index contributed by atoms with van der Waals surface area (Å²) in [6, 6.07) is 4.04. The molecule has 0 radical (unpaired) electrons. The van der Waals surface area contributed by atoms with Gasteiger partial charge >= 0.3 is 5.69 Å². The van der Waals surface area contributed by atoms with Crippen molar-refractivity contribution in [3.8, 4) is 0 Å². The summed E-state index contributed by atoms with van der Waals surface area (Å²) in [5, 5.41) is 28.6. The molecule has 0 N–H and O–H groups in total. The number of hydrogen-bond acceptors (Lipinski definition) is 8. The van der Waals surface area contributed by atoms with E-state index >= 15 is 0 Å². The van der Waals surface area contributed by atoms with Crippen LogP contribution in [0.3, 0.4) is 0 Å². The Kier molecular flexibility index (Phi) is 5.18. The van der Waals surface area contributed by atoms with Crippen molar-refractivity contribution in [2.24, 2.45) is 5.10 Å². The van der Waals surface area contributed by atoms with Crippen molar-refractivity contribution in [2.75, 3.05) is 0 Å². The van der Waals surface area contributed by atoms with Gasteiger partial charge in [0.1, 0.15) is 11.4 Å². The molecule has 0 spiro atoms. The zero-order valence-electron chi connectivity index (χ0n) is 14.7. The summed E-state index contributed by atoms with van der Waals surface area (Å²) in [7, 11) is 0. The molecule has 0 aromatic carbocycles. The van der Waals surface area contributed by atoms with Crippen molar-refractivity contribution in [3.63, 3.8) is 0 Å². The molecule has 136 valence electrons. The van der Waals surface area contributed by atoms with E-state index in [2.05, 4.69) is 20.4 Å². The highest BCUT2D eigenvalue weighted by Gasteiger charge is 2.22. The fourth-order valence-corrected chi connectivity index (χ4v) is 4.03. The molecule has 3 aromatic heterocycles. The van der Waals surface area contributed by atoms with Gasteiger partial charge < -0.3 is 0 Å². The fourth-order valence-electron chi connectivity index (χ4n) is 2.39. The third-order valence-corrected chi connectivity index (χ3v) is 5.49. The summed E-state index contributed by atoms with van der Waals surface area (Å²) < 4.78 is 3.25. The van der Waals surface area contributed by atoms with Gasteiger partial charge in [-0.05, 0) is 39.8 Å². The Morgan fingerprint density at radius 1 is 1.31 bits per heavy atom. The number of aromatic nitrogens is 5. The van der Waals surface area contributed by atoms with Gasteiger partial charge in [0.05, 0.1) is 17.0 Å². The number of nitro groups is 1. The molecule has 0 bridgehead atoms. The third-order valence-electron chi connectivity index (χ3n) is 3.67. The summed E-state index contributed by atoms with van der Waals surface area (Å²) in [6.07, 6.45) is 1.77. The minimum Gasteiger partial charge on any atom is -0.258 e. The van der Waals surface area contributed by atoms with Crippen LogP contribution in [-0.2, 0) is 5.88 Å². The van der Waals surface area contributed by atoms with Crippen LogP contribution in [0.2, 0.25) is 0 Å². The smallest absolute Gasteiger partial charge is 0.258 e. The second-order valence-corrected chi connectivity index (χ2v) is 7.82. The Balaban J connectivity index is 1.78. The topological polar surface area (TPSA) is 104 Å². The van der Waals surface area contributed by atoms with Crippen LogP contribution in [-0.4, -0.2) is 35.8 Å². The molecule has 3 rings (SSSR count). The van der Waals surface area contributed by atoms with Gasteiger partial charge in [-0.1, -0.05) is 11.8 Å². The lowest BCUT2D eigenvalue weighted by molar-refractivity contribution is -0.386. The molecule has 0 fully saturated rings. The average molecular weight is 391 g/mol. The Bertz CT molecular complexity index is 986. The molecule has 26 heavy (non-hydrogen) atoms. The minimum absolute atomic E-state index is 0.0503. The quantitative estimate of drug-likeness (QED) is 0.276. The van der Waals surface area contributed by atoms with Crippen molar-refractivity contribution in [2.45, 2.75) is 38.7 Å². The van der Waals surface area contributed by atoms with Gasteiger partial charge in [-0.15, -0.1) is 21.5 Å². The molecule has 0 saturated heterocycles. The maximum atomic E-state index is 11.1. The van der Waals surface area contributed by atoms with Gasteiger partial charge in [0.15, 0.2) is 5.82 Å². The maximum Gasteiger partial charge on any atom is 0.312 e. The SMILES string of the molecule is Cc1ccc(/C=N/n2c(C)nnc2SCn2nc(C)c([N+](=O)[O-])c2C)s1. The van der Waals surface area contributed by atoms with E-state index in [1.165, 1.54) is 16.6 Å². The first-order valence-corrected chi connectivity index (χ1v) is 9.51. The molecule has 0 atom stereocenters. The highest BCUT2D eigenvalue weighted by Crippen LogP contribution is 2.25. The molecule has 0 unspecified atom stereocenters. The lowest BCUT2D eigenvalue weighted by atomic mass is 10.3. The lowest BCUT2D eigenvalue weighted by Gasteiger charge is -2.03. The van der Waals surface area contributed by atoms with Crippen molar-refractivity contribution in [1.82, 2.24) is 24.7 Å². The van der Waals surface area contributed by atoms with Gasteiger partial charge in [-0.3, -0.25) is 14.8 Å². The lowest BCUT2D eigenvalue weighted by Crippen LogP contribution is -2.02. The molecular formula is C15H17N7O2S2. The van der Waals surface area contributed by atoms with E-state index in [1.807, 2.05) is 26.0 Å². The standard InChI is InChI=1S/C15H17N7O2S2/c1-9-5-6-13(26-9)7-16-21-12(4)17-18-15(21)25-8-20-11(3)14(22(23)24)10(2)19-20/h5-7H,8H2,1-4H3/b16-7+. The van der Waals surface area contributed by atoms with Gasteiger partial charge in [-0.25, -0.2) is 0 Å². The second kappa shape index (κ2) is 7.38. The summed E-state index contributed by atoms with van der Waals surface area (Å²) in [4.78, 5) is 13.0. The monoisotopic (exact) mass is 391 g/mol. The van der Waals surface area contributed by atoms with E-state index in [9.17, 15) is 10.1 Å². The first kappa shape index (κ1) is 18.3. The van der Waals surface area contributed by atoms with E-state index in [-0.39, 0.29) is 5.69 Å². The number of rotatable bonds is 6. The van der Waals surface area contributed by atoms with E-state index in [4.69, 9.17) is 0 Å². The first-order valence-electron chi connectivity index (χ1n) is 7.71.